The molecule has 1 aromatic carbocycles. The Morgan fingerprint density at radius 1 is 1.38 bits per heavy atom. The van der Waals surface area contributed by atoms with Crippen molar-refractivity contribution in [3.63, 3.8) is 0 Å². The van der Waals surface area contributed by atoms with E-state index in [4.69, 9.17) is 4.74 Å². The number of carbonyl (C=O) groups excluding carboxylic acids is 1. The topological polar surface area (TPSA) is 31.2 Å². The van der Waals surface area contributed by atoms with E-state index in [1.54, 1.807) is 7.11 Å². The van der Waals surface area contributed by atoms with Crippen molar-refractivity contribution in [2.24, 2.45) is 0 Å². The van der Waals surface area contributed by atoms with Crippen LogP contribution in [0.1, 0.15) is 30.2 Å². The molecule has 0 saturated heterocycles. The molecule has 1 heterocycles. The summed E-state index contributed by atoms with van der Waals surface area (Å²) in [5.74, 6) is 0.805. The van der Waals surface area contributed by atoms with Gasteiger partial charge in [-0.25, -0.2) is 0 Å². The van der Waals surface area contributed by atoms with E-state index >= 15 is 0 Å². The summed E-state index contributed by atoms with van der Waals surface area (Å²) in [5, 5.41) is 0.947. The number of ether oxygens (including phenoxy) is 1. The summed E-state index contributed by atoms with van der Waals surface area (Å²) >= 11 is 0. The van der Waals surface area contributed by atoms with Gasteiger partial charge in [0.15, 0.2) is 6.29 Å². The zero-order chi connectivity index (χ0) is 11.7. The van der Waals surface area contributed by atoms with Gasteiger partial charge in [-0.1, -0.05) is 12.1 Å². The third-order valence-electron chi connectivity index (χ3n) is 2.75. The quantitative estimate of drug-likeness (QED) is 0.740. The maximum Gasteiger partial charge on any atom is 0.152 e. The molecule has 2 aromatic rings. The fraction of sp³-hybridized carbons (Fsp3) is 0.308. The number of carbonyl (C=O) groups is 1. The van der Waals surface area contributed by atoms with Crippen LogP contribution in [0.5, 0.6) is 5.75 Å². The highest BCUT2D eigenvalue weighted by atomic mass is 16.5. The van der Waals surface area contributed by atoms with Gasteiger partial charge in [-0.15, -0.1) is 0 Å². The number of rotatable bonds is 3. The van der Waals surface area contributed by atoms with E-state index in [1.807, 2.05) is 24.4 Å². The van der Waals surface area contributed by atoms with Crippen LogP contribution in [0.2, 0.25) is 0 Å². The van der Waals surface area contributed by atoms with Crippen molar-refractivity contribution < 1.29 is 9.53 Å². The van der Waals surface area contributed by atoms with Crippen LogP contribution in [0.3, 0.4) is 0 Å². The molecule has 0 aliphatic rings. The minimum absolute atomic E-state index is 0.299. The van der Waals surface area contributed by atoms with E-state index in [-0.39, 0.29) is 0 Å². The van der Waals surface area contributed by atoms with Gasteiger partial charge in [0.2, 0.25) is 0 Å². The van der Waals surface area contributed by atoms with Crippen LogP contribution >= 0.6 is 0 Å². The Bertz CT molecular complexity index is 526. The van der Waals surface area contributed by atoms with E-state index in [0.29, 0.717) is 11.6 Å². The lowest BCUT2D eigenvalue weighted by Crippen LogP contribution is -1.99. The van der Waals surface area contributed by atoms with Gasteiger partial charge in [-0.2, -0.15) is 0 Å². The van der Waals surface area contributed by atoms with Crippen molar-refractivity contribution in [1.29, 1.82) is 0 Å². The number of hydrogen-bond acceptors (Lipinski definition) is 2. The number of aldehydes is 1. The van der Waals surface area contributed by atoms with Gasteiger partial charge in [0, 0.05) is 23.2 Å². The highest BCUT2D eigenvalue weighted by Crippen LogP contribution is 2.31. The molecule has 84 valence electrons. The SMILES string of the molecule is COc1cccc2c(C=O)cn(C(C)C)c12. The second-order valence-electron chi connectivity index (χ2n) is 4.06. The molecule has 0 amide bonds. The van der Waals surface area contributed by atoms with Gasteiger partial charge in [0.1, 0.15) is 5.75 Å². The fourth-order valence-corrected chi connectivity index (χ4v) is 1.97. The third kappa shape index (κ3) is 1.48. The number of aromatic nitrogens is 1. The number of benzene rings is 1. The highest BCUT2D eigenvalue weighted by Gasteiger charge is 2.13. The summed E-state index contributed by atoms with van der Waals surface area (Å²) in [6.07, 6.45) is 2.77. The van der Waals surface area contributed by atoms with Crippen molar-refractivity contribution in [2.45, 2.75) is 19.9 Å². The summed E-state index contributed by atoms with van der Waals surface area (Å²) in [6.45, 7) is 4.17. The normalized spacial score (nSPS) is 11.0. The molecule has 0 bridgehead atoms. The van der Waals surface area contributed by atoms with Crippen LogP contribution in [-0.4, -0.2) is 18.0 Å². The predicted octanol–water partition coefficient (Wildman–Crippen LogP) is 3.04. The lowest BCUT2D eigenvalue weighted by molar-refractivity contribution is 0.112. The zero-order valence-electron chi connectivity index (χ0n) is 9.73. The van der Waals surface area contributed by atoms with Gasteiger partial charge in [-0.3, -0.25) is 4.79 Å². The summed E-state index contributed by atoms with van der Waals surface area (Å²) in [4.78, 5) is 11.0. The van der Waals surface area contributed by atoms with Crippen molar-refractivity contribution in [3.05, 3.63) is 30.0 Å². The Morgan fingerprint density at radius 3 is 2.69 bits per heavy atom. The standard InChI is InChI=1S/C13H15NO2/c1-9(2)14-7-10(8-15)11-5-4-6-12(16-3)13(11)14/h4-9H,1-3H3. The first-order valence-electron chi connectivity index (χ1n) is 5.31. The third-order valence-corrected chi connectivity index (χ3v) is 2.75. The van der Waals surface area contributed by atoms with Crippen LogP contribution < -0.4 is 4.74 Å². The first kappa shape index (κ1) is 10.7. The maximum atomic E-state index is 11.0. The first-order chi connectivity index (χ1) is 7.69. The minimum Gasteiger partial charge on any atom is -0.495 e. The van der Waals surface area contributed by atoms with Gasteiger partial charge in [0.25, 0.3) is 0 Å². The van der Waals surface area contributed by atoms with E-state index < -0.39 is 0 Å². The molecule has 0 N–H and O–H groups in total. The number of para-hydroxylation sites is 1. The summed E-state index contributed by atoms with van der Waals surface area (Å²) in [6, 6.07) is 6.06. The van der Waals surface area contributed by atoms with Crippen LogP contribution in [-0.2, 0) is 0 Å². The Labute approximate surface area is 94.6 Å². The Hall–Kier alpha value is -1.77. The van der Waals surface area contributed by atoms with Crippen LogP contribution in [0.4, 0.5) is 0 Å². The molecule has 0 aliphatic heterocycles. The molecule has 0 radical (unpaired) electrons. The molecule has 3 nitrogen and oxygen atoms in total. The lowest BCUT2D eigenvalue weighted by Gasteiger charge is -2.11. The van der Waals surface area contributed by atoms with Crippen LogP contribution in [0.25, 0.3) is 10.9 Å². The second-order valence-corrected chi connectivity index (χ2v) is 4.06. The number of methoxy groups -OCH3 is 1. The highest BCUT2D eigenvalue weighted by molar-refractivity contribution is 6.00. The van der Waals surface area contributed by atoms with Crippen molar-refractivity contribution in [1.82, 2.24) is 4.57 Å². The van der Waals surface area contributed by atoms with Gasteiger partial charge in [0.05, 0.1) is 12.6 Å². The molecule has 2 rings (SSSR count). The predicted molar refractivity (Wildman–Crippen MR) is 64.3 cm³/mol. The molecule has 3 heteroatoms. The largest absolute Gasteiger partial charge is 0.495 e. The van der Waals surface area contributed by atoms with Crippen molar-refractivity contribution in [3.8, 4) is 5.75 Å². The van der Waals surface area contributed by atoms with Gasteiger partial charge < -0.3 is 9.30 Å². The van der Waals surface area contributed by atoms with E-state index in [2.05, 4.69) is 18.4 Å². The zero-order valence-corrected chi connectivity index (χ0v) is 9.73. The van der Waals surface area contributed by atoms with Crippen molar-refractivity contribution in [2.75, 3.05) is 7.11 Å². The van der Waals surface area contributed by atoms with Crippen LogP contribution in [0, 0.1) is 0 Å². The van der Waals surface area contributed by atoms with Gasteiger partial charge in [-0.05, 0) is 19.9 Å². The number of fused-ring (bicyclic) bond motifs is 1. The van der Waals surface area contributed by atoms with Gasteiger partial charge >= 0.3 is 0 Å². The fourth-order valence-electron chi connectivity index (χ4n) is 1.97. The molecular weight excluding hydrogens is 202 g/mol. The van der Waals surface area contributed by atoms with Crippen LogP contribution in [0.15, 0.2) is 24.4 Å². The average molecular weight is 217 g/mol. The average Bonchev–Trinajstić information content (AvgIpc) is 2.67. The molecule has 0 atom stereocenters. The molecule has 0 saturated carbocycles. The Morgan fingerprint density at radius 2 is 2.12 bits per heavy atom. The van der Waals surface area contributed by atoms with E-state index in [0.717, 1.165) is 22.9 Å². The second kappa shape index (κ2) is 4.00. The summed E-state index contributed by atoms with van der Waals surface area (Å²) in [7, 11) is 1.65. The maximum absolute atomic E-state index is 11.0. The molecule has 16 heavy (non-hydrogen) atoms. The molecule has 0 spiro atoms. The number of hydrogen-bond donors (Lipinski definition) is 0. The van der Waals surface area contributed by atoms with Crippen molar-refractivity contribution >= 4 is 17.2 Å². The summed E-state index contributed by atoms with van der Waals surface area (Å²) < 4.78 is 7.41. The Balaban J connectivity index is 2.85. The van der Waals surface area contributed by atoms with E-state index in [1.165, 1.54) is 0 Å². The molecule has 1 aromatic heterocycles. The monoisotopic (exact) mass is 217 g/mol. The Kier molecular flexibility index (Phi) is 2.69. The molecule has 0 unspecified atom stereocenters. The smallest absolute Gasteiger partial charge is 0.152 e. The first-order valence-corrected chi connectivity index (χ1v) is 5.31. The lowest BCUT2D eigenvalue weighted by atomic mass is 10.2. The summed E-state index contributed by atoms with van der Waals surface area (Å²) in [5.41, 5.74) is 1.70. The minimum atomic E-state index is 0.299. The molecular formula is C13H15NO2. The van der Waals surface area contributed by atoms with E-state index in [9.17, 15) is 4.79 Å². The molecule has 0 fully saturated rings. The number of nitrogens with zero attached hydrogens (tertiary/aromatic N) is 1. The molecule has 0 aliphatic carbocycles.